The van der Waals surface area contributed by atoms with E-state index in [2.05, 4.69) is 5.32 Å². The smallest absolute Gasteiger partial charge is 0.382 e. The zero-order valence-electron chi connectivity index (χ0n) is 23.5. The summed E-state index contributed by atoms with van der Waals surface area (Å²) < 4.78 is 40.7. The van der Waals surface area contributed by atoms with Gasteiger partial charge in [0.15, 0.2) is 6.10 Å². The molecule has 3 aromatic carbocycles. The van der Waals surface area contributed by atoms with E-state index in [0.29, 0.717) is 21.7 Å². The molecule has 0 bridgehead atoms. The summed E-state index contributed by atoms with van der Waals surface area (Å²) in [5.41, 5.74) is 1.50. The predicted molar refractivity (Wildman–Crippen MR) is 157 cm³/mol. The minimum atomic E-state index is -4.99. The Balaban J connectivity index is 1.69. The first-order valence-electron chi connectivity index (χ1n) is 13.6. The van der Waals surface area contributed by atoms with E-state index >= 15 is 0 Å². The largest absolute Gasteiger partial charge is 0.416 e. The fourth-order valence-electron chi connectivity index (χ4n) is 4.95. The first-order chi connectivity index (χ1) is 20.4. The molecule has 3 amide bonds. The van der Waals surface area contributed by atoms with Crippen LogP contribution in [0.2, 0.25) is 5.02 Å². The summed E-state index contributed by atoms with van der Waals surface area (Å²) in [5, 5.41) is 12.8. The van der Waals surface area contributed by atoms with Crippen LogP contribution >= 0.6 is 11.6 Å². The highest BCUT2D eigenvalue weighted by atomic mass is 35.5. The monoisotopic (exact) mass is 613 g/mol. The van der Waals surface area contributed by atoms with Crippen LogP contribution in [0.15, 0.2) is 91.1 Å². The zero-order chi connectivity index (χ0) is 31.3. The molecule has 3 unspecified atom stereocenters. The summed E-state index contributed by atoms with van der Waals surface area (Å²) in [7, 11) is 0. The third-order valence-electron chi connectivity index (χ3n) is 7.06. The lowest BCUT2D eigenvalue weighted by molar-refractivity contribution is -0.212. The van der Waals surface area contributed by atoms with E-state index in [9.17, 15) is 32.7 Å². The van der Waals surface area contributed by atoms with E-state index in [1.165, 1.54) is 16.0 Å². The third kappa shape index (κ3) is 7.63. The molecular formula is C32H31ClF3N3O4. The van der Waals surface area contributed by atoms with Crippen LogP contribution in [0.25, 0.3) is 5.70 Å². The van der Waals surface area contributed by atoms with Gasteiger partial charge in [0, 0.05) is 16.8 Å². The first-order valence-corrected chi connectivity index (χ1v) is 14.0. The van der Waals surface area contributed by atoms with E-state index < -0.39 is 48.6 Å². The molecule has 1 aliphatic rings. The molecule has 1 heterocycles. The van der Waals surface area contributed by atoms with Gasteiger partial charge in [-0.15, -0.1) is 0 Å². The van der Waals surface area contributed by atoms with Gasteiger partial charge in [-0.1, -0.05) is 86.1 Å². The fourth-order valence-corrected chi connectivity index (χ4v) is 5.07. The molecule has 0 saturated carbocycles. The summed E-state index contributed by atoms with van der Waals surface area (Å²) in [6, 6.07) is 20.2. The molecule has 1 aliphatic heterocycles. The molecule has 0 aromatic heterocycles. The van der Waals surface area contributed by atoms with Crippen LogP contribution in [0, 0.1) is 5.92 Å². The quantitative estimate of drug-likeness (QED) is 0.343. The van der Waals surface area contributed by atoms with Crippen molar-refractivity contribution >= 4 is 35.0 Å². The lowest BCUT2D eigenvalue weighted by Gasteiger charge is -2.41. The van der Waals surface area contributed by atoms with Crippen LogP contribution < -0.4 is 5.32 Å². The summed E-state index contributed by atoms with van der Waals surface area (Å²) in [5.74, 6) is -2.33. The van der Waals surface area contributed by atoms with E-state index in [0.717, 1.165) is 0 Å². The van der Waals surface area contributed by atoms with Crippen molar-refractivity contribution in [3.63, 3.8) is 0 Å². The summed E-state index contributed by atoms with van der Waals surface area (Å²) in [4.78, 5) is 43.4. The van der Waals surface area contributed by atoms with E-state index in [1.807, 2.05) is 0 Å². The number of hydrogen-bond acceptors (Lipinski definition) is 4. The summed E-state index contributed by atoms with van der Waals surface area (Å²) in [6.45, 7) is 2.86. The van der Waals surface area contributed by atoms with Gasteiger partial charge in [0.05, 0.1) is 11.7 Å². The number of halogens is 4. The van der Waals surface area contributed by atoms with Crippen LogP contribution in [0.1, 0.15) is 35.3 Å². The Morgan fingerprint density at radius 3 is 2.09 bits per heavy atom. The maximum atomic E-state index is 14.0. The highest BCUT2D eigenvalue weighted by Crippen LogP contribution is 2.31. The Hall–Kier alpha value is -4.15. The van der Waals surface area contributed by atoms with Crippen LogP contribution in [0.5, 0.6) is 0 Å². The van der Waals surface area contributed by atoms with Gasteiger partial charge in [-0.05, 0) is 47.7 Å². The van der Waals surface area contributed by atoms with E-state index in [-0.39, 0.29) is 18.0 Å². The summed E-state index contributed by atoms with van der Waals surface area (Å²) in [6.07, 6.45) is -6.64. The van der Waals surface area contributed by atoms with Gasteiger partial charge in [-0.3, -0.25) is 19.3 Å². The van der Waals surface area contributed by atoms with Crippen molar-refractivity contribution in [1.82, 2.24) is 15.1 Å². The average molecular weight is 614 g/mol. The molecule has 226 valence electrons. The number of carbonyl (C=O) groups excluding carboxylic acids is 3. The van der Waals surface area contributed by atoms with Crippen molar-refractivity contribution in [3.8, 4) is 0 Å². The van der Waals surface area contributed by atoms with Crippen molar-refractivity contribution < 1.29 is 32.7 Å². The molecule has 4 rings (SSSR count). The van der Waals surface area contributed by atoms with Gasteiger partial charge < -0.3 is 15.3 Å². The Kier molecular flexibility index (Phi) is 9.93. The van der Waals surface area contributed by atoms with Crippen LogP contribution in [0.4, 0.5) is 13.2 Å². The van der Waals surface area contributed by atoms with Crippen molar-refractivity contribution in [2.24, 2.45) is 5.92 Å². The first kappa shape index (κ1) is 31.8. The van der Waals surface area contributed by atoms with Crippen molar-refractivity contribution in [1.29, 1.82) is 0 Å². The van der Waals surface area contributed by atoms with Crippen molar-refractivity contribution in [2.75, 3.05) is 6.54 Å². The van der Waals surface area contributed by atoms with Crippen LogP contribution in [-0.2, 0) is 16.0 Å². The molecule has 0 saturated heterocycles. The number of benzene rings is 3. The number of amides is 3. The average Bonchev–Trinajstić information content (AvgIpc) is 2.97. The van der Waals surface area contributed by atoms with E-state index in [1.54, 1.807) is 98.8 Å². The Bertz CT molecular complexity index is 1460. The topological polar surface area (TPSA) is 89.9 Å². The number of nitrogens with one attached hydrogen (secondary N) is 1. The van der Waals surface area contributed by atoms with Crippen molar-refractivity contribution in [2.45, 2.75) is 44.6 Å². The molecule has 0 spiro atoms. The summed E-state index contributed by atoms with van der Waals surface area (Å²) >= 11 is 5.99. The number of hydrogen-bond donors (Lipinski definition) is 2. The Labute approximate surface area is 252 Å². The highest BCUT2D eigenvalue weighted by molar-refractivity contribution is 6.30. The molecule has 0 aliphatic carbocycles. The molecule has 0 radical (unpaired) electrons. The number of alkyl halides is 3. The fraction of sp³-hybridized carbons (Fsp3) is 0.281. The maximum absolute atomic E-state index is 14.0. The number of rotatable bonds is 9. The predicted octanol–water partition coefficient (Wildman–Crippen LogP) is 5.30. The normalized spacial score (nSPS) is 17.0. The van der Waals surface area contributed by atoms with E-state index in [4.69, 9.17) is 11.6 Å². The molecular weight excluding hydrogens is 583 g/mol. The molecule has 7 nitrogen and oxygen atoms in total. The van der Waals surface area contributed by atoms with Gasteiger partial charge in [-0.25, -0.2) is 0 Å². The van der Waals surface area contributed by atoms with Gasteiger partial charge in [0.2, 0.25) is 5.91 Å². The van der Waals surface area contributed by atoms with Gasteiger partial charge in [-0.2, -0.15) is 13.2 Å². The standard InChI is InChI=1S/C32H31ClF3N3O4/c1-20(2)28-31(43)38(19-27(40)37-25(29(41)32(34,35)36)17-21-9-5-3-6-10-21)26(22-11-7-4-8-12-22)18-39(28)30(42)23-13-15-24(33)16-14-23/h3-16,18,20,25,28-29,41H,17,19H2,1-2H3,(H,37,40). The van der Waals surface area contributed by atoms with Gasteiger partial charge in [0.1, 0.15) is 12.6 Å². The minimum absolute atomic E-state index is 0.218. The molecule has 2 N–H and O–H groups in total. The minimum Gasteiger partial charge on any atom is -0.382 e. The molecule has 11 heteroatoms. The lowest BCUT2D eigenvalue weighted by atomic mass is 9.96. The SMILES string of the molecule is CC(C)C1C(=O)N(CC(=O)NC(Cc2ccccc2)C(O)C(F)(F)F)C(c2ccccc2)=CN1C(=O)c1ccc(Cl)cc1. The lowest BCUT2D eigenvalue weighted by Crippen LogP contribution is -2.58. The third-order valence-corrected chi connectivity index (χ3v) is 7.31. The molecule has 3 atom stereocenters. The zero-order valence-corrected chi connectivity index (χ0v) is 24.2. The molecule has 0 fully saturated rings. The second kappa shape index (κ2) is 13.4. The molecule has 43 heavy (non-hydrogen) atoms. The van der Waals surface area contributed by atoms with Crippen LogP contribution in [0.3, 0.4) is 0 Å². The maximum Gasteiger partial charge on any atom is 0.416 e. The van der Waals surface area contributed by atoms with Crippen molar-refractivity contribution in [3.05, 3.63) is 113 Å². The van der Waals surface area contributed by atoms with Gasteiger partial charge in [0.25, 0.3) is 11.8 Å². The van der Waals surface area contributed by atoms with Gasteiger partial charge >= 0.3 is 6.18 Å². The Morgan fingerprint density at radius 2 is 1.53 bits per heavy atom. The Morgan fingerprint density at radius 1 is 0.953 bits per heavy atom. The second-order valence-electron chi connectivity index (χ2n) is 10.6. The number of aliphatic hydroxyl groups is 1. The number of aliphatic hydroxyl groups excluding tert-OH is 1. The highest BCUT2D eigenvalue weighted by Gasteiger charge is 2.45. The number of nitrogens with zero attached hydrogens (tertiary/aromatic N) is 2. The second-order valence-corrected chi connectivity index (χ2v) is 11.0. The molecule has 3 aromatic rings. The van der Waals surface area contributed by atoms with Crippen LogP contribution in [-0.4, -0.2) is 63.5 Å². The number of carbonyl (C=O) groups is 3.